The summed E-state index contributed by atoms with van der Waals surface area (Å²) in [7, 11) is -67.9. The lowest BCUT2D eigenvalue weighted by atomic mass is 10.1. The lowest BCUT2D eigenvalue weighted by molar-refractivity contribution is 0.297. The van der Waals surface area contributed by atoms with Gasteiger partial charge in [0.05, 0.1) is 5.02 Å². The third-order valence-electron chi connectivity index (χ3n) is 5.84. The fraction of sp³-hybridized carbons (Fsp3) is 0.333. The summed E-state index contributed by atoms with van der Waals surface area (Å²) in [6, 6.07) is -2.16. The molecule has 0 heterocycles. The van der Waals surface area contributed by atoms with Crippen LogP contribution in [0.1, 0.15) is 16.7 Å². The standard InChI is InChI=1S/C9H20ClO27P9/c10-6-4(8(41(20,21)22,42(23,24)25)43(26,27)28)1-3(7(38(11,12)13,39(14,15)16)40(17,18)19)2-5(6)9(44(29,30)31,45(32,33)34)46(35,36)37/h1-2H,(H2,11,12,13)(H2,14,15,16)(H2,17,18,19)(H2,20,21,22)(H2,23,24,25)(H2,26,27,28)(H2,29,30,31)(H2,32,33,34)(H2,35,36,37). The van der Waals surface area contributed by atoms with Crippen LogP contribution in [0.2, 0.25) is 5.02 Å². The van der Waals surface area contributed by atoms with Gasteiger partial charge in [0.15, 0.2) is 0 Å². The fourth-order valence-corrected chi connectivity index (χ4v) is 21.6. The number of halogens is 1. The van der Waals surface area contributed by atoms with E-state index < -0.39 is 116 Å². The molecular formula is C9H20ClO27P9. The Bertz CT molecular complexity index is 1600. The molecular weight excluding hydrogens is 854 g/mol. The largest absolute Gasteiger partial charge is 0.360 e. The molecule has 27 nitrogen and oxygen atoms in total. The lowest BCUT2D eigenvalue weighted by Gasteiger charge is -2.41. The third-order valence-corrected chi connectivity index (χ3v) is 29.8. The van der Waals surface area contributed by atoms with Crippen LogP contribution in [0.3, 0.4) is 0 Å². The normalized spacial score (nSPS) is 16.1. The van der Waals surface area contributed by atoms with Crippen molar-refractivity contribution in [2.24, 2.45) is 0 Å². The quantitative estimate of drug-likeness (QED) is 0.104. The maximum Gasteiger partial charge on any atom is 0.360 e. The smallest absolute Gasteiger partial charge is 0.323 e. The van der Waals surface area contributed by atoms with Gasteiger partial charge in [-0.15, -0.1) is 0 Å². The molecule has 18 N–H and O–H groups in total. The average Bonchev–Trinajstić information content (AvgIpc) is 2.61. The van der Waals surface area contributed by atoms with Gasteiger partial charge in [-0.1, -0.05) is 11.6 Å². The number of rotatable bonds is 12. The van der Waals surface area contributed by atoms with Gasteiger partial charge in [-0.25, -0.2) is 0 Å². The highest BCUT2D eigenvalue weighted by atomic mass is 35.5. The Morgan fingerprint density at radius 1 is 0.348 bits per heavy atom. The minimum absolute atomic E-state index is 1.08. The van der Waals surface area contributed by atoms with Crippen molar-refractivity contribution in [2.45, 2.75) is 13.9 Å². The molecule has 0 bridgehead atoms. The molecule has 1 rings (SSSR count). The zero-order valence-corrected chi connectivity index (χ0v) is 29.6. The fourth-order valence-electron chi connectivity index (χ4n) is 4.28. The van der Waals surface area contributed by atoms with Crippen LogP contribution in [0.5, 0.6) is 0 Å². The van der Waals surface area contributed by atoms with Crippen LogP contribution in [-0.2, 0) is 55.0 Å². The van der Waals surface area contributed by atoms with E-state index in [0.29, 0.717) is 0 Å². The molecule has 0 unspecified atom stereocenters. The zero-order chi connectivity index (χ0) is 37.7. The molecule has 0 radical (unpaired) electrons. The van der Waals surface area contributed by atoms with Crippen molar-refractivity contribution in [3.8, 4) is 0 Å². The Hall–Kier alpha value is 0.860. The van der Waals surface area contributed by atoms with Crippen LogP contribution >= 0.6 is 80.0 Å². The first-order valence-corrected chi connectivity index (χ1v) is 24.7. The van der Waals surface area contributed by atoms with Crippen LogP contribution < -0.4 is 0 Å². The molecule has 0 aliphatic carbocycles. The first-order valence-electron chi connectivity index (χ1n) is 9.85. The Morgan fingerprint density at radius 3 is 0.630 bits per heavy atom. The molecule has 270 valence electrons. The molecule has 0 aromatic heterocycles. The summed E-state index contributed by atoms with van der Waals surface area (Å²) >= 11 is 5.64. The molecule has 37 heteroatoms. The Labute approximate surface area is 256 Å². The molecule has 0 saturated carbocycles. The van der Waals surface area contributed by atoms with E-state index in [4.69, 9.17) is 11.6 Å². The third kappa shape index (κ3) is 6.43. The van der Waals surface area contributed by atoms with Crippen LogP contribution in [-0.4, -0.2) is 88.1 Å². The zero-order valence-electron chi connectivity index (χ0n) is 20.8. The maximum atomic E-state index is 12.5. The van der Waals surface area contributed by atoms with Gasteiger partial charge >= 0.3 is 68.4 Å². The molecule has 0 spiro atoms. The van der Waals surface area contributed by atoms with Crippen molar-refractivity contribution in [3.05, 3.63) is 33.8 Å². The topological polar surface area (TPSA) is 518 Å². The van der Waals surface area contributed by atoms with E-state index in [1.807, 2.05) is 0 Å². The van der Waals surface area contributed by atoms with Gasteiger partial charge in [0.2, 0.25) is 0 Å². The molecule has 0 aliphatic rings. The summed E-state index contributed by atoms with van der Waals surface area (Å²) in [5.41, 5.74) is -8.94. The van der Waals surface area contributed by atoms with Crippen molar-refractivity contribution in [2.75, 3.05) is 0 Å². The summed E-state index contributed by atoms with van der Waals surface area (Å²) in [6.45, 7) is 0. The van der Waals surface area contributed by atoms with Gasteiger partial charge in [-0.05, 0) is 17.7 Å². The lowest BCUT2D eigenvalue weighted by Crippen LogP contribution is -2.33. The molecule has 1 aromatic rings. The monoisotopic (exact) mass is 874 g/mol. The molecule has 1 aromatic carbocycles. The predicted molar refractivity (Wildman–Crippen MR) is 145 cm³/mol. The van der Waals surface area contributed by atoms with Gasteiger partial charge in [0.25, 0.3) is 13.9 Å². The second kappa shape index (κ2) is 12.2. The summed E-state index contributed by atoms with van der Waals surface area (Å²) in [4.78, 5) is 177. The van der Waals surface area contributed by atoms with E-state index in [9.17, 15) is 129 Å². The van der Waals surface area contributed by atoms with Crippen molar-refractivity contribution >= 4 is 80.0 Å². The molecule has 0 saturated heterocycles. The molecule has 0 aliphatic heterocycles. The van der Waals surface area contributed by atoms with Crippen molar-refractivity contribution < 1.29 is 129 Å². The van der Waals surface area contributed by atoms with Crippen LogP contribution in [0, 0.1) is 0 Å². The highest BCUT2D eigenvalue weighted by Crippen LogP contribution is 2.93. The summed E-state index contributed by atoms with van der Waals surface area (Å²) in [5.74, 6) is 0. The summed E-state index contributed by atoms with van der Waals surface area (Å²) in [5, 5.41) is -2.73. The Morgan fingerprint density at radius 2 is 0.500 bits per heavy atom. The van der Waals surface area contributed by atoms with E-state index in [0.717, 1.165) is 0 Å². The number of hydrogen-bond donors (Lipinski definition) is 18. The number of hydrogen-bond acceptors (Lipinski definition) is 9. The van der Waals surface area contributed by atoms with Crippen molar-refractivity contribution in [1.82, 2.24) is 0 Å². The van der Waals surface area contributed by atoms with Gasteiger partial charge in [0.1, 0.15) is 0 Å². The van der Waals surface area contributed by atoms with E-state index in [1.165, 1.54) is 0 Å². The summed E-state index contributed by atoms with van der Waals surface area (Å²) in [6.07, 6.45) is 0. The second-order valence-corrected chi connectivity index (χ2v) is 28.1. The maximum absolute atomic E-state index is 12.5. The predicted octanol–water partition coefficient (Wildman–Crippen LogP) is -1.73. The van der Waals surface area contributed by atoms with Crippen LogP contribution in [0.25, 0.3) is 0 Å². The molecule has 0 fully saturated rings. The van der Waals surface area contributed by atoms with Crippen LogP contribution in [0.4, 0.5) is 0 Å². The van der Waals surface area contributed by atoms with Crippen molar-refractivity contribution in [1.29, 1.82) is 0 Å². The first kappa shape index (κ1) is 44.9. The van der Waals surface area contributed by atoms with Crippen molar-refractivity contribution in [3.63, 3.8) is 0 Å². The second-order valence-electron chi connectivity index (χ2n) is 8.69. The molecule has 0 amide bonds. The minimum atomic E-state index is -7.56. The highest BCUT2D eigenvalue weighted by Gasteiger charge is 2.79. The Kier molecular flexibility index (Phi) is 11.9. The van der Waals surface area contributed by atoms with E-state index in [1.54, 1.807) is 0 Å². The van der Waals surface area contributed by atoms with Gasteiger partial charge < -0.3 is 88.1 Å². The number of benzene rings is 1. The first-order chi connectivity index (χ1) is 19.5. The minimum Gasteiger partial charge on any atom is -0.323 e. The SMILES string of the molecule is O=P(O)(O)C(c1cc(C(P(=O)(O)O)(P(=O)(O)O)P(=O)(O)O)c(Cl)c(C(P(=O)(O)O)(P(=O)(O)O)P(=O)(O)O)c1)(P(=O)(O)O)P(=O)(O)O. The van der Waals surface area contributed by atoms with E-state index in [-0.39, 0.29) is 0 Å². The summed E-state index contributed by atoms with van der Waals surface area (Å²) < 4.78 is 95.4. The average molecular weight is 874 g/mol. The molecule has 46 heavy (non-hydrogen) atoms. The van der Waals surface area contributed by atoms with Gasteiger partial charge in [0, 0.05) is 11.1 Å². The van der Waals surface area contributed by atoms with E-state index in [2.05, 4.69) is 0 Å². The Balaban J connectivity index is 5.59. The van der Waals surface area contributed by atoms with Crippen LogP contribution in [0.15, 0.2) is 12.1 Å². The van der Waals surface area contributed by atoms with Gasteiger partial charge in [-0.3, -0.25) is 41.1 Å². The van der Waals surface area contributed by atoms with E-state index >= 15 is 0 Å². The molecule has 0 atom stereocenters. The van der Waals surface area contributed by atoms with Gasteiger partial charge in [-0.2, -0.15) is 0 Å². The highest BCUT2D eigenvalue weighted by molar-refractivity contribution is 7.89.